The number of benzene rings is 2. The molecule has 1 heterocycles. The Kier molecular flexibility index (Phi) is 4.90. The first-order chi connectivity index (χ1) is 11.0. The summed E-state index contributed by atoms with van der Waals surface area (Å²) in [6.45, 7) is 6.22. The SMILES string of the molecule is C[C@H]1C[C@H](C)CN(C(=O)COc2ccc3cc(Br)ccc3c2)C1. The Hall–Kier alpha value is -1.55. The third-order valence-corrected chi connectivity index (χ3v) is 4.85. The molecule has 2 aromatic rings. The number of fused-ring (bicyclic) bond motifs is 1. The molecule has 0 radical (unpaired) electrons. The summed E-state index contributed by atoms with van der Waals surface area (Å²) in [6, 6.07) is 12.0. The minimum absolute atomic E-state index is 0.0827. The van der Waals surface area contributed by atoms with Crippen LogP contribution in [-0.4, -0.2) is 30.5 Å². The van der Waals surface area contributed by atoms with E-state index in [0.29, 0.717) is 11.8 Å². The predicted octanol–water partition coefficient (Wildman–Crippen LogP) is 4.49. The van der Waals surface area contributed by atoms with Crippen LogP contribution in [-0.2, 0) is 4.79 Å². The van der Waals surface area contributed by atoms with Crippen LogP contribution in [0.4, 0.5) is 0 Å². The first kappa shape index (κ1) is 16.3. The third kappa shape index (κ3) is 4.05. The Morgan fingerprint density at radius 1 is 1.13 bits per heavy atom. The number of carbonyl (C=O) groups is 1. The maximum absolute atomic E-state index is 12.4. The highest BCUT2D eigenvalue weighted by molar-refractivity contribution is 9.10. The van der Waals surface area contributed by atoms with E-state index in [1.807, 2.05) is 35.2 Å². The number of nitrogens with zero attached hydrogens (tertiary/aromatic N) is 1. The van der Waals surface area contributed by atoms with Crippen LogP contribution in [0, 0.1) is 11.8 Å². The van der Waals surface area contributed by atoms with Crippen LogP contribution >= 0.6 is 15.9 Å². The van der Waals surface area contributed by atoms with Gasteiger partial charge in [0.1, 0.15) is 5.75 Å². The van der Waals surface area contributed by atoms with E-state index >= 15 is 0 Å². The predicted molar refractivity (Wildman–Crippen MR) is 96.7 cm³/mol. The Labute approximate surface area is 145 Å². The first-order valence-electron chi connectivity index (χ1n) is 8.11. The summed E-state index contributed by atoms with van der Waals surface area (Å²) in [6.07, 6.45) is 1.20. The topological polar surface area (TPSA) is 29.5 Å². The van der Waals surface area contributed by atoms with Crippen LogP contribution in [0.5, 0.6) is 5.75 Å². The van der Waals surface area contributed by atoms with Crippen molar-refractivity contribution in [1.29, 1.82) is 0 Å². The Balaban J connectivity index is 1.63. The van der Waals surface area contributed by atoms with Gasteiger partial charge in [0, 0.05) is 17.6 Å². The van der Waals surface area contributed by atoms with Gasteiger partial charge in [0.2, 0.25) is 0 Å². The quantitative estimate of drug-likeness (QED) is 0.790. The largest absolute Gasteiger partial charge is 0.484 e. The third-order valence-electron chi connectivity index (χ3n) is 4.36. The molecule has 1 fully saturated rings. The van der Waals surface area contributed by atoms with Gasteiger partial charge in [0.15, 0.2) is 6.61 Å². The minimum atomic E-state index is 0.0827. The highest BCUT2D eigenvalue weighted by atomic mass is 79.9. The van der Waals surface area contributed by atoms with Gasteiger partial charge in [0.25, 0.3) is 5.91 Å². The monoisotopic (exact) mass is 375 g/mol. The number of amides is 1. The fourth-order valence-corrected chi connectivity index (χ4v) is 3.77. The molecule has 1 amide bonds. The first-order valence-corrected chi connectivity index (χ1v) is 8.90. The molecule has 2 aromatic carbocycles. The number of hydrogen-bond donors (Lipinski definition) is 0. The zero-order valence-corrected chi connectivity index (χ0v) is 15.2. The second kappa shape index (κ2) is 6.91. The van der Waals surface area contributed by atoms with Crippen molar-refractivity contribution in [2.75, 3.05) is 19.7 Å². The van der Waals surface area contributed by atoms with Crippen molar-refractivity contribution < 1.29 is 9.53 Å². The number of piperidine rings is 1. The van der Waals surface area contributed by atoms with Crippen LogP contribution in [0.2, 0.25) is 0 Å². The molecular weight excluding hydrogens is 354 g/mol. The molecule has 0 N–H and O–H groups in total. The lowest BCUT2D eigenvalue weighted by atomic mass is 9.92. The van der Waals surface area contributed by atoms with Crippen LogP contribution in [0.15, 0.2) is 40.9 Å². The number of hydrogen-bond acceptors (Lipinski definition) is 2. The van der Waals surface area contributed by atoms with Crippen molar-refractivity contribution >= 4 is 32.6 Å². The molecule has 1 aliphatic heterocycles. The van der Waals surface area contributed by atoms with Gasteiger partial charge in [-0.2, -0.15) is 0 Å². The number of halogens is 1. The number of ether oxygens (including phenoxy) is 1. The molecule has 3 rings (SSSR count). The van der Waals surface area contributed by atoms with Crippen molar-refractivity contribution in [1.82, 2.24) is 4.90 Å². The van der Waals surface area contributed by atoms with Gasteiger partial charge in [-0.15, -0.1) is 0 Å². The zero-order valence-electron chi connectivity index (χ0n) is 13.6. The molecule has 0 spiro atoms. The van der Waals surface area contributed by atoms with Crippen LogP contribution in [0.25, 0.3) is 10.8 Å². The van der Waals surface area contributed by atoms with E-state index < -0.39 is 0 Å². The molecule has 23 heavy (non-hydrogen) atoms. The molecule has 2 atom stereocenters. The minimum Gasteiger partial charge on any atom is -0.484 e. The average molecular weight is 376 g/mol. The number of rotatable bonds is 3. The molecule has 4 heteroatoms. The van der Waals surface area contributed by atoms with E-state index in [9.17, 15) is 4.79 Å². The van der Waals surface area contributed by atoms with Gasteiger partial charge in [-0.3, -0.25) is 4.79 Å². The van der Waals surface area contributed by atoms with Gasteiger partial charge in [-0.25, -0.2) is 0 Å². The van der Waals surface area contributed by atoms with Gasteiger partial charge in [-0.1, -0.05) is 41.9 Å². The van der Waals surface area contributed by atoms with E-state index in [0.717, 1.165) is 34.1 Å². The van der Waals surface area contributed by atoms with E-state index in [4.69, 9.17) is 4.74 Å². The summed E-state index contributed by atoms with van der Waals surface area (Å²) in [4.78, 5) is 14.3. The molecule has 0 aromatic heterocycles. The molecular formula is C19H22BrNO2. The summed E-state index contributed by atoms with van der Waals surface area (Å²) in [7, 11) is 0. The molecule has 0 saturated carbocycles. The average Bonchev–Trinajstić information content (AvgIpc) is 2.51. The summed E-state index contributed by atoms with van der Waals surface area (Å²) in [5, 5.41) is 2.26. The Bertz CT molecular complexity index is 706. The fraction of sp³-hybridized carbons (Fsp3) is 0.421. The molecule has 122 valence electrons. The number of carbonyl (C=O) groups excluding carboxylic acids is 1. The Morgan fingerprint density at radius 3 is 2.52 bits per heavy atom. The summed E-state index contributed by atoms with van der Waals surface area (Å²) in [5.74, 6) is 1.97. The second-order valence-electron chi connectivity index (χ2n) is 6.69. The standard InChI is InChI=1S/C19H22BrNO2/c1-13-7-14(2)11-21(10-13)19(22)12-23-18-6-4-15-8-17(20)5-3-16(15)9-18/h3-6,8-9,13-14H,7,10-12H2,1-2H3/t13-,14-/m0/s1. The molecule has 0 unspecified atom stereocenters. The fourth-order valence-electron chi connectivity index (χ4n) is 3.39. The van der Waals surface area contributed by atoms with Crippen molar-refractivity contribution in [3.8, 4) is 5.75 Å². The lowest BCUT2D eigenvalue weighted by Gasteiger charge is -2.34. The van der Waals surface area contributed by atoms with Crippen molar-refractivity contribution in [2.24, 2.45) is 11.8 Å². The summed E-state index contributed by atoms with van der Waals surface area (Å²) < 4.78 is 6.78. The highest BCUT2D eigenvalue weighted by Gasteiger charge is 2.25. The molecule has 3 nitrogen and oxygen atoms in total. The van der Waals surface area contributed by atoms with Crippen LogP contribution < -0.4 is 4.74 Å². The van der Waals surface area contributed by atoms with Gasteiger partial charge < -0.3 is 9.64 Å². The normalized spacial score (nSPS) is 21.4. The lowest BCUT2D eigenvalue weighted by Crippen LogP contribution is -2.44. The van der Waals surface area contributed by atoms with E-state index in [1.54, 1.807) is 0 Å². The van der Waals surface area contributed by atoms with Crippen LogP contribution in [0.3, 0.4) is 0 Å². The van der Waals surface area contributed by atoms with Crippen molar-refractivity contribution in [3.63, 3.8) is 0 Å². The van der Waals surface area contributed by atoms with E-state index in [1.165, 1.54) is 6.42 Å². The zero-order chi connectivity index (χ0) is 16.4. The highest BCUT2D eigenvalue weighted by Crippen LogP contribution is 2.25. The van der Waals surface area contributed by atoms with E-state index in [-0.39, 0.29) is 12.5 Å². The van der Waals surface area contributed by atoms with E-state index in [2.05, 4.69) is 35.8 Å². The second-order valence-corrected chi connectivity index (χ2v) is 7.60. The van der Waals surface area contributed by atoms with Crippen LogP contribution in [0.1, 0.15) is 20.3 Å². The molecule has 1 aliphatic rings. The lowest BCUT2D eigenvalue weighted by molar-refractivity contribution is -0.136. The van der Waals surface area contributed by atoms with Gasteiger partial charge in [0.05, 0.1) is 0 Å². The summed E-state index contributed by atoms with van der Waals surface area (Å²) in [5.41, 5.74) is 0. The smallest absolute Gasteiger partial charge is 0.260 e. The summed E-state index contributed by atoms with van der Waals surface area (Å²) >= 11 is 3.47. The molecule has 0 bridgehead atoms. The Morgan fingerprint density at radius 2 is 1.78 bits per heavy atom. The van der Waals surface area contributed by atoms with Crippen molar-refractivity contribution in [2.45, 2.75) is 20.3 Å². The molecule has 1 saturated heterocycles. The molecule has 0 aliphatic carbocycles. The van der Waals surface area contributed by atoms with Crippen molar-refractivity contribution in [3.05, 3.63) is 40.9 Å². The number of likely N-dealkylation sites (tertiary alicyclic amines) is 1. The maximum atomic E-state index is 12.4. The van der Waals surface area contributed by atoms with Gasteiger partial charge in [-0.05, 0) is 53.3 Å². The van der Waals surface area contributed by atoms with Gasteiger partial charge >= 0.3 is 0 Å². The maximum Gasteiger partial charge on any atom is 0.260 e.